The number of aromatic nitrogens is 1. The fourth-order valence-corrected chi connectivity index (χ4v) is 1.50. The fourth-order valence-electron chi connectivity index (χ4n) is 1.50. The molecule has 0 radical (unpaired) electrons. The molecule has 0 spiro atoms. The molecule has 4 heteroatoms. The molecule has 2 aromatic rings. The summed E-state index contributed by atoms with van der Waals surface area (Å²) >= 11 is 0. The molecule has 84 valence electrons. The Balaban J connectivity index is 2.54. The van der Waals surface area contributed by atoms with Gasteiger partial charge in [0.1, 0.15) is 12.0 Å². The van der Waals surface area contributed by atoms with Gasteiger partial charge in [-0.3, -0.25) is 0 Å². The molecule has 2 rings (SSSR count). The number of ether oxygens (including phenoxy) is 1. The molecule has 2 N–H and O–H groups in total. The predicted molar refractivity (Wildman–Crippen MR) is 62.3 cm³/mol. The second-order valence-corrected chi connectivity index (χ2v) is 3.48. The highest BCUT2D eigenvalue weighted by Gasteiger charge is 2.12. The van der Waals surface area contributed by atoms with Gasteiger partial charge in [0, 0.05) is 5.69 Å². The number of benzene rings is 1. The van der Waals surface area contributed by atoms with Gasteiger partial charge >= 0.3 is 0 Å². The Labute approximate surface area is 94.1 Å². The van der Waals surface area contributed by atoms with Crippen LogP contribution in [-0.2, 0) is 0 Å². The van der Waals surface area contributed by atoms with Gasteiger partial charge in [-0.05, 0) is 31.5 Å². The van der Waals surface area contributed by atoms with Crippen LogP contribution in [0.5, 0.6) is 5.75 Å². The number of hydrogen-bond donors (Lipinski definition) is 1. The normalized spacial score (nSPS) is 10.4. The lowest BCUT2D eigenvalue weighted by atomic mass is 10.1. The van der Waals surface area contributed by atoms with E-state index in [0.717, 1.165) is 16.9 Å². The highest BCUT2D eigenvalue weighted by molar-refractivity contribution is 5.70. The average molecular weight is 218 g/mol. The van der Waals surface area contributed by atoms with Crippen molar-refractivity contribution in [2.45, 2.75) is 13.8 Å². The molecule has 0 aliphatic heterocycles. The van der Waals surface area contributed by atoms with Crippen LogP contribution in [0.2, 0.25) is 0 Å². The Morgan fingerprint density at radius 1 is 1.44 bits per heavy atom. The van der Waals surface area contributed by atoms with E-state index in [1.165, 1.54) is 6.26 Å². The highest BCUT2D eigenvalue weighted by atomic mass is 16.5. The zero-order valence-electron chi connectivity index (χ0n) is 9.36. The van der Waals surface area contributed by atoms with Gasteiger partial charge in [-0.2, -0.15) is 0 Å². The predicted octanol–water partition coefficient (Wildman–Crippen LogP) is 2.63. The summed E-state index contributed by atoms with van der Waals surface area (Å²) in [5.74, 6) is 1.27. The van der Waals surface area contributed by atoms with Crippen LogP contribution in [0.4, 0.5) is 5.69 Å². The Morgan fingerprint density at radius 2 is 2.25 bits per heavy atom. The first kappa shape index (κ1) is 10.5. The number of nitrogen functional groups attached to an aromatic ring is 1. The minimum absolute atomic E-state index is 0.523. The maximum Gasteiger partial charge on any atom is 0.229 e. The minimum Gasteiger partial charge on any atom is -0.493 e. The number of anilines is 1. The summed E-state index contributed by atoms with van der Waals surface area (Å²) in [5.41, 5.74) is 8.34. The molecule has 0 aliphatic rings. The summed E-state index contributed by atoms with van der Waals surface area (Å²) in [6.45, 7) is 4.47. The molecule has 0 bridgehead atoms. The molecule has 16 heavy (non-hydrogen) atoms. The lowest BCUT2D eigenvalue weighted by molar-refractivity contribution is 0.340. The maximum absolute atomic E-state index is 5.87. The monoisotopic (exact) mass is 218 g/mol. The van der Waals surface area contributed by atoms with Crippen LogP contribution in [0.15, 0.2) is 29.0 Å². The summed E-state index contributed by atoms with van der Waals surface area (Å²) < 4.78 is 10.8. The van der Waals surface area contributed by atoms with Crippen LogP contribution in [0.3, 0.4) is 0 Å². The SMILES string of the molecule is CCOc1cc(C)c(N)cc1-c1ncco1. The van der Waals surface area contributed by atoms with E-state index in [4.69, 9.17) is 14.9 Å². The second-order valence-electron chi connectivity index (χ2n) is 3.48. The van der Waals surface area contributed by atoms with E-state index >= 15 is 0 Å². The van der Waals surface area contributed by atoms with Crippen LogP contribution >= 0.6 is 0 Å². The first-order valence-corrected chi connectivity index (χ1v) is 5.15. The third kappa shape index (κ3) is 1.86. The summed E-state index contributed by atoms with van der Waals surface area (Å²) in [6, 6.07) is 3.73. The molecule has 0 atom stereocenters. The number of oxazole rings is 1. The molecule has 1 aromatic heterocycles. The Hall–Kier alpha value is -1.97. The van der Waals surface area contributed by atoms with Crippen molar-refractivity contribution in [2.75, 3.05) is 12.3 Å². The van der Waals surface area contributed by atoms with E-state index in [0.29, 0.717) is 18.2 Å². The smallest absolute Gasteiger partial charge is 0.229 e. The first-order chi connectivity index (χ1) is 7.72. The molecular formula is C12H14N2O2. The zero-order chi connectivity index (χ0) is 11.5. The molecule has 0 fully saturated rings. The van der Waals surface area contributed by atoms with Gasteiger partial charge in [0.2, 0.25) is 5.89 Å². The van der Waals surface area contributed by atoms with E-state index in [-0.39, 0.29) is 0 Å². The van der Waals surface area contributed by atoms with Gasteiger partial charge in [0.15, 0.2) is 0 Å². The molecular weight excluding hydrogens is 204 g/mol. The lowest BCUT2D eigenvalue weighted by Crippen LogP contribution is -1.98. The summed E-state index contributed by atoms with van der Waals surface area (Å²) in [6.07, 6.45) is 3.13. The fraction of sp³-hybridized carbons (Fsp3) is 0.250. The lowest BCUT2D eigenvalue weighted by Gasteiger charge is -2.10. The van der Waals surface area contributed by atoms with Crippen molar-refractivity contribution in [3.63, 3.8) is 0 Å². The third-order valence-electron chi connectivity index (χ3n) is 2.33. The molecule has 4 nitrogen and oxygen atoms in total. The first-order valence-electron chi connectivity index (χ1n) is 5.15. The number of rotatable bonds is 3. The van der Waals surface area contributed by atoms with Gasteiger partial charge in [0.05, 0.1) is 18.4 Å². The van der Waals surface area contributed by atoms with E-state index in [1.54, 1.807) is 6.20 Å². The van der Waals surface area contributed by atoms with Gasteiger partial charge in [-0.15, -0.1) is 0 Å². The second kappa shape index (κ2) is 4.26. The van der Waals surface area contributed by atoms with E-state index < -0.39 is 0 Å². The summed E-state index contributed by atoms with van der Waals surface area (Å²) in [7, 11) is 0. The van der Waals surface area contributed by atoms with Crippen molar-refractivity contribution >= 4 is 5.69 Å². The van der Waals surface area contributed by atoms with Crippen LogP contribution in [0.25, 0.3) is 11.5 Å². The topological polar surface area (TPSA) is 61.3 Å². The number of nitrogens with two attached hydrogens (primary N) is 1. The van der Waals surface area contributed by atoms with Crippen LogP contribution in [-0.4, -0.2) is 11.6 Å². The molecule has 1 heterocycles. The van der Waals surface area contributed by atoms with Crippen LogP contribution in [0, 0.1) is 6.92 Å². The van der Waals surface area contributed by atoms with Crippen LogP contribution in [0.1, 0.15) is 12.5 Å². The number of nitrogens with zero attached hydrogens (tertiary/aromatic N) is 1. The molecule has 0 saturated heterocycles. The van der Waals surface area contributed by atoms with Crippen molar-refractivity contribution in [1.29, 1.82) is 0 Å². The number of hydrogen-bond acceptors (Lipinski definition) is 4. The van der Waals surface area contributed by atoms with Gasteiger partial charge in [-0.25, -0.2) is 4.98 Å². The van der Waals surface area contributed by atoms with Crippen molar-refractivity contribution in [3.8, 4) is 17.2 Å². The highest BCUT2D eigenvalue weighted by Crippen LogP contribution is 2.32. The average Bonchev–Trinajstić information content (AvgIpc) is 2.76. The summed E-state index contributed by atoms with van der Waals surface area (Å²) in [4.78, 5) is 4.10. The van der Waals surface area contributed by atoms with Crippen molar-refractivity contribution < 1.29 is 9.15 Å². The maximum atomic E-state index is 5.87. The Bertz CT molecular complexity index is 478. The van der Waals surface area contributed by atoms with Crippen LogP contribution < -0.4 is 10.5 Å². The Morgan fingerprint density at radius 3 is 2.88 bits per heavy atom. The molecule has 0 unspecified atom stereocenters. The van der Waals surface area contributed by atoms with Gasteiger partial charge in [0.25, 0.3) is 0 Å². The number of aryl methyl sites for hydroxylation is 1. The summed E-state index contributed by atoms with van der Waals surface area (Å²) in [5, 5.41) is 0. The largest absolute Gasteiger partial charge is 0.493 e. The Kier molecular flexibility index (Phi) is 2.81. The molecule has 0 amide bonds. The zero-order valence-corrected chi connectivity index (χ0v) is 9.36. The molecule has 0 aliphatic carbocycles. The van der Waals surface area contributed by atoms with Crippen molar-refractivity contribution in [1.82, 2.24) is 4.98 Å². The van der Waals surface area contributed by atoms with E-state index in [1.807, 2.05) is 26.0 Å². The van der Waals surface area contributed by atoms with Gasteiger partial charge in [-0.1, -0.05) is 0 Å². The molecule has 1 aromatic carbocycles. The minimum atomic E-state index is 0.523. The standard InChI is InChI=1S/C12H14N2O2/c1-3-15-11-6-8(2)10(13)7-9(11)12-14-4-5-16-12/h4-7H,3,13H2,1-2H3. The van der Waals surface area contributed by atoms with Gasteiger partial charge < -0.3 is 14.9 Å². The van der Waals surface area contributed by atoms with Crippen molar-refractivity contribution in [3.05, 3.63) is 30.2 Å². The van der Waals surface area contributed by atoms with Crippen molar-refractivity contribution in [2.24, 2.45) is 0 Å². The van der Waals surface area contributed by atoms with E-state index in [2.05, 4.69) is 4.98 Å². The third-order valence-corrected chi connectivity index (χ3v) is 2.33. The molecule has 0 saturated carbocycles. The quantitative estimate of drug-likeness (QED) is 0.804. The van der Waals surface area contributed by atoms with E-state index in [9.17, 15) is 0 Å².